The zero-order chi connectivity index (χ0) is 12.3. The summed E-state index contributed by atoms with van der Waals surface area (Å²) < 4.78 is 39.7. The van der Waals surface area contributed by atoms with Gasteiger partial charge in [0.25, 0.3) is 0 Å². The Labute approximate surface area is 86.1 Å². The highest BCUT2D eigenvalue weighted by Gasteiger charge is 2.38. The minimum absolute atomic E-state index is 0.324. The first kappa shape index (κ1) is 12.0. The Kier molecular flexibility index (Phi) is 3.16. The smallest absolute Gasteiger partial charge is 0.471 e. The number of carbonyl (C=O) groups is 2. The van der Waals surface area contributed by atoms with E-state index in [-0.39, 0.29) is 5.89 Å². The molecule has 1 rings (SSSR count). The second-order valence-electron chi connectivity index (χ2n) is 2.61. The van der Waals surface area contributed by atoms with E-state index in [9.17, 15) is 22.8 Å². The first-order valence-electron chi connectivity index (χ1n) is 3.83. The lowest BCUT2D eigenvalue weighted by molar-refractivity contribution is -0.173. The molecule has 0 aliphatic heterocycles. The highest BCUT2D eigenvalue weighted by Crippen LogP contribution is 2.14. The van der Waals surface area contributed by atoms with Gasteiger partial charge in [0, 0.05) is 0 Å². The Hall–Kier alpha value is -2.06. The maximum Gasteiger partial charge on any atom is 0.471 e. The molecule has 1 heterocycles. The number of carboxylic acids is 1. The van der Waals surface area contributed by atoms with Gasteiger partial charge in [-0.05, 0) is 0 Å². The van der Waals surface area contributed by atoms with E-state index in [2.05, 4.69) is 9.40 Å². The van der Waals surface area contributed by atoms with Crippen LogP contribution < -0.4 is 5.32 Å². The number of oxazole rings is 1. The molecule has 1 aromatic rings. The number of amides is 1. The van der Waals surface area contributed by atoms with Crippen LogP contribution in [0.5, 0.6) is 0 Å². The summed E-state index contributed by atoms with van der Waals surface area (Å²) in [4.78, 5) is 24.0. The van der Waals surface area contributed by atoms with Gasteiger partial charge in [-0.3, -0.25) is 4.79 Å². The maximum absolute atomic E-state index is 11.7. The fraction of sp³-hybridized carbons (Fsp3) is 0.286. The van der Waals surface area contributed by atoms with Crippen LogP contribution in [-0.4, -0.2) is 28.1 Å². The molecule has 0 spiro atoms. The highest BCUT2D eigenvalue weighted by molar-refractivity contribution is 5.84. The molecular weight excluding hydrogens is 233 g/mol. The lowest BCUT2D eigenvalue weighted by Crippen LogP contribution is -2.36. The van der Waals surface area contributed by atoms with E-state index < -0.39 is 30.3 Å². The minimum atomic E-state index is -5.00. The van der Waals surface area contributed by atoms with Crippen LogP contribution in [0.1, 0.15) is 16.4 Å². The third-order valence-corrected chi connectivity index (χ3v) is 1.43. The average molecular weight is 238 g/mol. The summed E-state index contributed by atoms with van der Waals surface area (Å²) in [6.07, 6.45) is -4.24. The molecule has 0 saturated carbocycles. The van der Waals surface area contributed by atoms with Crippen LogP contribution in [0, 0.1) is 0 Å². The van der Waals surface area contributed by atoms with Crippen LogP contribution >= 0.6 is 0 Å². The third-order valence-electron chi connectivity index (χ3n) is 1.43. The Morgan fingerprint density at radius 2 is 2.12 bits per heavy atom. The lowest BCUT2D eigenvalue weighted by Gasteiger charge is -2.04. The maximum atomic E-state index is 11.7. The van der Waals surface area contributed by atoms with Crippen molar-refractivity contribution in [3.8, 4) is 0 Å². The number of halogens is 3. The zero-order valence-corrected chi connectivity index (χ0v) is 7.54. The number of carbonyl (C=O) groups excluding carboxylic acids is 1. The van der Waals surface area contributed by atoms with Gasteiger partial charge in [0.15, 0.2) is 5.69 Å². The third kappa shape index (κ3) is 2.97. The quantitative estimate of drug-likeness (QED) is 0.802. The molecule has 6 nitrogen and oxygen atoms in total. The Balaban J connectivity index is 2.55. The normalized spacial score (nSPS) is 11.2. The molecule has 0 atom stereocenters. The van der Waals surface area contributed by atoms with E-state index in [1.165, 1.54) is 5.32 Å². The fourth-order valence-corrected chi connectivity index (χ4v) is 0.746. The van der Waals surface area contributed by atoms with Crippen molar-refractivity contribution in [1.82, 2.24) is 10.3 Å². The van der Waals surface area contributed by atoms with Crippen molar-refractivity contribution in [2.45, 2.75) is 12.7 Å². The van der Waals surface area contributed by atoms with Gasteiger partial charge < -0.3 is 14.8 Å². The molecule has 0 unspecified atom stereocenters. The van der Waals surface area contributed by atoms with Crippen LogP contribution in [0.4, 0.5) is 13.2 Å². The first-order chi connectivity index (χ1) is 7.30. The van der Waals surface area contributed by atoms with Crippen LogP contribution in [0.25, 0.3) is 0 Å². The van der Waals surface area contributed by atoms with Crippen LogP contribution in [0.2, 0.25) is 0 Å². The summed E-state index contributed by atoms with van der Waals surface area (Å²) in [6, 6.07) is 0. The molecule has 0 fully saturated rings. The van der Waals surface area contributed by atoms with Crippen molar-refractivity contribution in [3.05, 3.63) is 17.8 Å². The molecule has 16 heavy (non-hydrogen) atoms. The van der Waals surface area contributed by atoms with Crippen molar-refractivity contribution in [3.63, 3.8) is 0 Å². The topological polar surface area (TPSA) is 92.4 Å². The van der Waals surface area contributed by atoms with Crippen molar-refractivity contribution in [1.29, 1.82) is 0 Å². The lowest BCUT2D eigenvalue weighted by atomic mass is 10.5. The number of nitrogens with zero attached hydrogens (tertiary/aromatic N) is 1. The summed E-state index contributed by atoms with van der Waals surface area (Å²) in [7, 11) is 0. The molecule has 0 saturated heterocycles. The van der Waals surface area contributed by atoms with Gasteiger partial charge in [-0.15, -0.1) is 0 Å². The summed E-state index contributed by atoms with van der Waals surface area (Å²) in [5, 5.41) is 9.89. The molecule has 0 aliphatic carbocycles. The Bertz CT molecular complexity index is 412. The predicted molar refractivity (Wildman–Crippen MR) is 41.4 cm³/mol. The summed E-state index contributed by atoms with van der Waals surface area (Å²) in [5.41, 5.74) is -0.448. The molecular formula is C7H5F3N2O4. The SMILES string of the molecule is O=C(O)c1coc(CNC(=O)C(F)(F)F)n1. The van der Waals surface area contributed by atoms with E-state index in [0.29, 0.717) is 0 Å². The number of hydrogen-bond acceptors (Lipinski definition) is 4. The fourth-order valence-electron chi connectivity index (χ4n) is 0.746. The van der Waals surface area contributed by atoms with Crippen LogP contribution in [0.3, 0.4) is 0 Å². The van der Waals surface area contributed by atoms with Crippen molar-refractivity contribution >= 4 is 11.9 Å². The summed E-state index contributed by atoms with van der Waals surface area (Å²) in [6.45, 7) is -0.633. The molecule has 0 bridgehead atoms. The molecule has 0 aliphatic rings. The van der Waals surface area contributed by atoms with Gasteiger partial charge in [-0.2, -0.15) is 13.2 Å². The molecule has 0 aromatic carbocycles. The number of alkyl halides is 3. The van der Waals surface area contributed by atoms with Gasteiger partial charge in [-0.25, -0.2) is 9.78 Å². The van der Waals surface area contributed by atoms with E-state index in [4.69, 9.17) is 5.11 Å². The van der Waals surface area contributed by atoms with E-state index in [1.54, 1.807) is 0 Å². The van der Waals surface area contributed by atoms with Gasteiger partial charge in [0.05, 0.1) is 6.54 Å². The number of carboxylic acid groups (broad SMARTS) is 1. The van der Waals surface area contributed by atoms with E-state index in [1.807, 2.05) is 0 Å². The molecule has 88 valence electrons. The molecule has 2 N–H and O–H groups in total. The number of nitrogens with one attached hydrogen (secondary N) is 1. The minimum Gasteiger partial charge on any atom is -0.476 e. The number of aromatic carboxylic acids is 1. The van der Waals surface area contributed by atoms with Crippen molar-refractivity contribution in [2.75, 3.05) is 0 Å². The monoisotopic (exact) mass is 238 g/mol. The zero-order valence-electron chi connectivity index (χ0n) is 7.54. The first-order valence-corrected chi connectivity index (χ1v) is 3.83. The van der Waals surface area contributed by atoms with E-state index in [0.717, 1.165) is 6.26 Å². The number of hydrogen-bond donors (Lipinski definition) is 2. The molecule has 1 amide bonds. The van der Waals surface area contributed by atoms with Gasteiger partial charge in [0.2, 0.25) is 5.89 Å². The molecule has 0 radical (unpaired) electrons. The Morgan fingerprint density at radius 1 is 1.50 bits per heavy atom. The highest BCUT2D eigenvalue weighted by atomic mass is 19.4. The van der Waals surface area contributed by atoms with Crippen LogP contribution in [0.15, 0.2) is 10.7 Å². The second kappa shape index (κ2) is 4.21. The molecule has 9 heteroatoms. The summed E-state index contributed by atoms with van der Waals surface area (Å²) >= 11 is 0. The Morgan fingerprint density at radius 3 is 2.56 bits per heavy atom. The van der Waals surface area contributed by atoms with Crippen LogP contribution in [-0.2, 0) is 11.3 Å². The average Bonchev–Trinajstić information content (AvgIpc) is 2.60. The van der Waals surface area contributed by atoms with Crippen molar-refractivity contribution in [2.24, 2.45) is 0 Å². The van der Waals surface area contributed by atoms with Crippen molar-refractivity contribution < 1.29 is 32.3 Å². The summed E-state index contributed by atoms with van der Waals surface area (Å²) in [5.74, 6) is -3.85. The molecule has 1 aromatic heterocycles. The van der Waals surface area contributed by atoms with Gasteiger partial charge in [-0.1, -0.05) is 0 Å². The number of aromatic nitrogens is 1. The number of rotatable bonds is 3. The van der Waals surface area contributed by atoms with Gasteiger partial charge in [0.1, 0.15) is 6.26 Å². The predicted octanol–water partition coefficient (Wildman–Crippen LogP) is 0.551. The standard InChI is InChI=1S/C7H5F3N2O4/c8-7(9,10)6(15)11-1-4-12-3(2-16-4)5(13)14/h2H,1H2,(H,11,15)(H,13,14). The second-order valence-corrected chi connectivity index (χ2v) is 2.61. The van der Waals surface area contributed by atoms with E-state index >= 15 is 0 Å². The van der Waals surface area contributed by atoms with Gasteiger partial charge >= 0.3 is 18.1 Å². The largest absolute Gasteiger partial charge is 0.476 e.